The number of benzene rings is 1. The molecule has 2 aromatic heterocycles. The van der Waals surface area contributed by atoms with E-state index in [0.717, 1.165) is 40.5 Å². The molecule has 0 amide bonds. The lowest BCUT2D eigenvalue weighted by Crippen LogP contribution is -2.49. The molecule has 1 aromatic carbocycles. The highest BCUT2D eigenvalue weighted by atomic mass is 32.2. The molecule has 0 N–H and O–H groups in total. The van der Waals surface area contributed by atoms with Crippen molar-refractivity contribution in [3.63, 3.8) is 0 Å². The second-order valence-corrected chi connectivity index (χ2v) is 11.9. The maximum absolute atomic E-state index is 13.2. The molecule has 0 radical (unpaired) electrons. The first-order valence-electron chi connectivity index (χ1n) is 10.9. The van der Waals surface area contributed by atoms with Gasteiger partial charge in [-0.2, -0.15) is 4.31 Å². The highest BCUT2D eigenvalue weighted by molar-refractivity contribution is 7.89. The van der Waals surface area contributed by atoms with Gasteiger partial charge in [0.25, 0.3) is 0 Å². The minimum Gasteiger partial charge on any atom is -0.353 e. The third-order valence-corrected chi connectivity index (χ3v) is 9.78. The first-order valence-corrected chi connectivity index (χ1v) is 13.2. The Morgan fingerprint density at radius 3 is 2.61 bits per heavy atom. The zero-order chi connectivity index (χ0) is 21.8. The van der Waals surface area contributed by atoms with Crippen molar-refractivity contribution in [3.05, 3.63) is 46.1 Å². The molecule has 0 saturated carbocycles. The van der Waals surface area contributed by atoms with E-state index in [9.17, 15) is 8.42 Å². The highest BCUT2D eigenvalue weighted by Crippen LogP contribution is 2.40. The van der Waals surface area contributed by atoms with E-state index >= 15 is 0 Å². The average molecular weight is 457 g/mol. The Morgan fingerprint density at radius 1 is 1.10 bits per heavy atom. The van der Waals surface area contributed by atoms with Crippen LogP contribution in [0.25, 0.3) is 10.2 Å². The summed E-state index contributed by atoms with van der Waals surface area (Å²) < 4.78 is 28.1. The van der Waals surface area contributed by atoms with E-state index in [0.29, 0.717) is 31.1 Å². The van der Waals surface area contributed by atoms with Crippen molar-refractivity contribution in [1.29, 1.82) is 0 Å². The molecule has 31 heavy (non-hydrogen) atoms. The van der Waals surface area contributed by atoms with Crippen molar-refractivity contribution in [2.45, 2.75) is 44.9 Å². The van der Waals surface area contributed by atoms with Gasteiger partial charge in [-0.3, -0.25) is 0 Å². The summed E-state index contributed by atoms with van der Waals surface area (Å²) in [6.07, 6.45) is 5.06. The van der Waals surface area contributed by atoms with Gasteiger partial charge in [-0.25, -0.2) is 18.4 Å². The van der Waals surface area contributed by atoms with E-state index < -0.39 is 10.0 Å². The smallest absolute Gasteiger partial charge is 0.243 e. The second kappa shape index (κ2) is 7.83. The van der Waals surface area contributed by atoms with Crippen LogP contribution in [0.3, 0.4) is 0 Å². The number of fused-ring (bicyclic) bond motifs is 3. The SMILES string of the molecule is Cc1ccc(S(=O)(=O)N2CCN(c3ncnc4sc5c(c34)CCC(C)C5)CC2)c(C)c1. The van der Waals surface area contributed by atoms with Crippen LogP contribution in [0.15, 0.2) is 29.4 Å². The zero-order valence-corrected chi connectivity index (χ0v) is 19.9. The fourth-order valence-electron chi connectivity index (χ4n) is 4.87. The molecule has 3 heterocycles. The van der Waals surface area contributed by atoms with Gasteiger partial charge in [0, 0.05) is 31.1 Å². The Bertz CT molecular complexity index is 1240. The van der Waals surface area contributed by atoms with Gasteiger partial charge >= 0.3 is 0 Å². The van der Waals surface area contributed by atoms with Gasteiger partial charge in [0.1, 0.15) is 17.0 Å². The normalized spacial score (nSPS) is 20.2. The molecule has 1 aliphatic carbocycles. The predicted molar refractivity (Wildman–Crippen MR) is 125 cm³/mol. The number of hydrogen-bond acceptors (Lipinski definition) is 6. The number of sulfonamides is 1. The minimum atomic E-state index is -3.49. The molecule has 1 saturated heterocycles. The Labute approximate surface area is 188 Å². The minimum absolute atomic E-state index is 0.414. The van der Waals surface area contributed by atoms with Crippen LogP contribution >= 0.6 is 11.3 Å². The molecule has 0 spiro atoms. The first-order chi connectivity index (χ1) is 14.8. The lowest BCUT2D eigenvalue weighted by atomic mass is 9.89. The molecular formula is C23H28N4O2S2. The molecule has 8 heteroatoms. The maximum Gasteiger partial charge on any atom is 0.243 e. The molecule has 1 fully saturated rings. The van der Waals surface area contributed by atoms with E-state index in [1.54, 1.807) is 28.0 Å². The van der Waals surface area contributed by atoms with Gasteiger partial charge in [0.05, 0.1) is 10.3 Å². The van der Waals surface area contributed by atoms with Gasteiger partial charge < -0.3 is 4.90 Å². The molecule has 3 aromatic rings. The van der Waals surface area contributed by atoms with Crippen LogP contribution in [-0.2, 0) is 22.9 Å². The average Bonchev–Trinajstić information content (AvgIpc) is 3.11. The van der Waals surface area contributed by atoms with Gasteiger partial charge in [-0.1, -0.05) is 24.6 Å². The fraction of sp³-hybridized carbons (Fsp3) is 0.478. The van der Waals surface area contributed by atoms with Crippen LogP contribution < -0.4 is 4.90 Å². The summed E-state index contributed by atoms with van der Waals surface area (Å²) in [5, 5.41) is 1.19. The van der Waals surface area contributed by atoms with Crippen LogP contribution in [0.4, 0.5) is 5.82 Å². The largest absolute Gasteiger partial charge is 0.353 e. The molecule has 0 bridgehead atoms. The molecular weight excluding hydrogens is 428 g/mol. The summed E-state index contributed by atoms with van der Waals surface area (Å²) in [4.78, 5) is 14.4. The summed E-state index contributed by atoms with van der Waals surface area (Å²) >= 11 is 1.80. The highest BCUT2D eigenvalue weighted by Gasteiger charge is 2.31. The van der Waals surface area contributed by atoms with E-state index in [1.807, 2.05) is 26.0 Å². The van der Waals surface area contributed by atoms with E-state index in [-0.39, 0.29) is 0 Å². The number of anilines is 1. The monoisotopic (exact) mass is 456 g/mol. The number of piperazine rings is 1. The van der Waals surface area contributed by atoms with Crippen molar-refractivity contribution < 1.29 is 8.42 Å². The summed E-state index contributed by atoms with van der Waals surface area (Å²) in [5.41, 5.74) is 3.29. The fourth-order valence-corrected chi connectivity index (χ4v) is 7.84. The maximum atomic E-state index is 13.2. The number of hydrogen-bond donors (Lipinski definition) is 0. The number of thiophene rings is 1. The van der Waals surface area contributed by atoms with Crippen LogP contribution in [0.2, 0.25) is 0 Å². The van der Waals surface area contributed by atoms with E-state index in [1.165, 1.54) is 22.2 Å². The molecule has 6 nitrogen and oxygen atoms in total. The van der Waals surface area contributed by atoms with Crippen LogP contribution in [0.1, 0.15) is 34.9 Å². The third-order valence-electron chi connectivity index (χ3n) is 6.56. The van der Waals surface area contributed by atoms with Crippen molar-refractivity contribution in [1.82, 2.24) is 14.3 Å². The predicted octanol–water partition coefficient (Wildman–Crippen LogP) is 3.94. The number of aryl methyl sites for hydroxylation is 3. The molecule has 1 aliphatic heterocycles. The van der Waals surface area contributed by atoms with Crippen molar-refractivity contribution in [2.75, 3.05) is 31.1 Å². The summed E-state index contributed by atoms with van der Waals surface area (Å²) in [5.74, 6) is 1.69. The quantitative estimate of drug-likeness (QED) is 0.597. The van der Waals surface area contributed by atoms with Gasteiger partial charge in [-0.05, 0) is 56.2 Å². The second-order valence-electron chi connectivity index (χ2n) is 8.89. The van der Waals surface area contributed by atoms with Crippen molar-refractivity contribution in [2.24, 2.45) is 5.92 Å². The lowest BCUT2D eigenvalue weighted by Gasteiger charge is -2.35. The number of aromatic nitrogens is 2. The Morgan fingerprint density at radius 2 is 1.87 bits per heavy atom. The topological polar surface area (TPSA) is 66.4 Å². The number of rotatable bonds is 3. The standard InChI is InChI=1S/C23H28N4O2S2/c1-15-5-7-20(17(3)12-15)31(28,29)27-10-8-26(9-11-27)22-21-18-6-4-16(2)13-19(18)30-23(21)25-14-24-22/h5,7,12,14,16H,4,6,8-11,13H2,1-3H3. The molecule has 2 aliphatic rings. The lowest BCUT2D eigenvalue weighted by molar-refractivity contribution is 0.384. The third kappa shape index (κ3) is 3.64. The molecule has 5 rings (SSSR count). The molecule has 164 valence electrons. The van der Waals surface area contributed by atoms with E-state index in [4.69, 9.17) is 0 Å². The molecule has 1 unspecified atom stereocenters. The summed E-state index contributed by atoms with van der Waals surface area (Å²) in [7, 11) is -3.49. The van der Waals surface area contributed by atoms with Gasteiger partial charge in [0.15, 0.2) is 0 Å². The van der Waals surface area contributed by atoms with Crippen LogP contribution in [-0.4, -0.2) is 48.9 Å². The Kier molecular flexibility index (Phi) is 5.27. The van der Waals surface area contributed by atoms with Crippen molar-refractivity contribution in [3.8, 4) is 0 Å². The van der Waals surface area contributed by atoms with E-state index in [2.05, 4.69) is 21.8 Å². The zero-order valence-electron chi connectivity index (χ0n) is 18.3. The van der Waals surface area contributed by atoms with Crippen LogP contribution in [0.5, 0.6) is 0 Å². The molecule has 1 atom stereocenters. The Balaban J connectivity index is 1.40. The summed E-state index contributed by atoms with van der Waals surface area (Å²) in [6.45, 7) is 8.36. The van der Waals surface area contributed by atoms with Crippen molar-refractivity contribution >= 4 is 37.4 Å². The van der Waals surface area contributed by atoms with Crippen LogP contribution in [0, 0.1) is 19.8 Å². The summed E-state index contributed by atoms with van der Waals surface area (Å²) in [6, 6.07) is 5.54. The van der Waals surface area contributed by atoms with Gasteiger partial charge in [-0.15, -0.1) is 11.3 Å². The number of nitrogens with zero attached hydrogens (tertiary/aromatic N) is 4. The Hall–Kier alpha value is -2.03. The van der Waals surface area contributed by atoms with Gasteiger partial charge in [0.2, 0.25) is 10.0 Å². The first kappa shape index (κ1) is 20.8.